The van der Waals surface area contributed by atoms with Gasteiger partial charge in [-0.1, -0.05) is 24.3 Å². The average molecular weight is 263 g/mol. The molecule has 2 rings (SSSR count). The molecule has 0 unspecified atom stereocenters. The molecule has 0 aliphatic carbocycles. The van der Waals surface area contributed by atoms with Crippen LogP contribution in [0.5, 0.6) is 5.75 Å². The molecule has 2 aromatic rings. The fourth-order valence-electron chi connectivity index (χ4n) is 1.77. The van der Waals surface area contributed by atoms with Gasteiger partial charge in [-0.25, -0.2) is 8.78 Å². The molecule has 0 heterocycles. The van der Waals surface area contributed by atoms with Crippen molar-refractivity contribution in [1.82, 2.24) is 5.32 Å². The Balaban J connectivity index is 1.90. The highest BCUT2D eigenvalue weighted by atomic mass is 19.2. The maximum atomic E-state index is 13.4. The van der Waals surface area contributed by atoms with E-state index in [1.807, 2.05) is 24.3 Å². The highest BCUT2D eigenvalue weighted by Crippen LogP contribution is 2.13. The molecule has 0 fully saturated rings. The predicted molar refractivity (Wildman–Crippen MR) is 69.9 cm³/mol. The minimum absolute atomic E-state index is 0.287. The summed E-state index contributed by atoms with van der Waals surface area (Å²) in [6, 6.07) is 11.8. The fourth-order valence-corrected chi connectivity index (χ4v) is 1.77. The lowest BCUT2D eigenvalue weighted by atomic mass is 10.2. The number of halogens is 2. The summed E-state index contributed by atoms with van der Waals surface area (Å²) in [7, 11) is 1.61. The molecule has 0 aliphatic heterocycles. The third-order valence-corrected chi connectivity index (χ3v) is 2.84. The van der Waals surface area contributed by atoms with Gasteiger partial charge in [0.25, 0.3) is 0 Å². The van der Waals surface area contributed by atoms with Crippen molar-refractivity contribution in [2.24, 2.45) is 0 Å². The smallest absolute Gasteiger partial charge is 0.163 e. The van der Waals surface area contributed by atoms with Crippen molar-refractivity contribution >= 4 is 0 Å². The van der Waals surface area contributed by atoms with E-state index in [0.29, 0.717) is 12.1 Å². The molecule has 0 amide bonds. The van der Waals surface area contributed by atoms with Gasteiger partial charge >= 0.3 is 0 Å². The first-order chi connectivity index (χ1) is 9.20. The molecule has 0 spiro atoms. The van der Waals surface area contributed by atoms with Gasteiger partial charge in [0.2, 0.25) is 0 Å². The molecule has 4 heteroatoms. The van der Waals surface area contributed by atoms with Gasteiger partial charge in [-0.15, -0.1) is 0 Å². The van der Waals surface area contributed by atoms with E-state index in [0.717, 1.165) is 17.4 Å². The average Bonchev–Trinajstić information content (AvgIpc) is 2.44. The number of benzene rings is 2. The second kappa shape index (κ2) is 6.29. The minimum atomic E-state index is -0.816. The lowest BCUT2D eigenvalue weighted by Crippen LogP contribution is -2.14. The van der Waals surface area contributed by atoms with E-state index in [4.69, 9.17) is 4.74 Å². The SMILES string of the molecule is COc1ccc(CNCc2cccc(F)c2F)cc1. The largest absolute Gasteiger partial charge is 0.497 e. The van der Waals surface area contributed by atoms with Crippen LogP contribution in [0, 0.1) is 11.6 Å². The Morgan fingerprint density at radius 1 is 1.00 bits per heavy atom. The van der Waals surface area contributed by atoms with Crippen molar-refractivity contribution in [2.75, 3.05) is 7.11 Å². The number of hydrogen-bond donors (Lipinski definition) is 1. The maximum Gasteiger partial charge on any atom is 0.163 e. The van der Waals surface area contributed by atoms with Crippen molar-refractivity contribution in [2.45, 2.75) is 13.1 Å². The van der Waals surface area contributed by atoms with Crippen LogP contribution < -0.4 is 10.1 Å². The molecule has 19 heavy (non-hydrogen) atoms. The molecule has 0 aromatic heterocycles. The van der Waals surface area contributed by atoms with Crippen LogP contribution in [0.4, 0.5) is 8.78 Å². The van der Waals surface area contributed by atoms with Crippen LogP contribution in [-0.4, -0.2) is 7.11 Å². The number of nitrogens with one attached hydrogen (secondary N) is 1. The molecule has 0 aliphatic rings. The number of methoxy groups -OCH3 is 1. The van der Waals surface area contributed by atoms with Crippen molar-refractivity contribution < 1.29 is 13.5 Å². The number of rotatable bonds is 5. The molecule has 0 atom stereocenters. The number of hydrogen-bond acceptors (Lipinski definition) is 2. The summed E-state index contributed by atoms with van der Waals surface area (Å²) in [5, 5.41) is 3.08. The van der Waals surface area contributed by atoms with Crippen LogP contribution in [0.1, 0.15) is 11.1 Å². The van der Waals surface area contributed by atoms with Gasteiger partial charge < -0.3 is 10.1 Å². The third-order valence-electron chi connectivity index (χ3n) is 2.84. The Kier molecular flexibility index (Phi) is 4.47. The van der Waals surface area contributed by atoms with E-state index in [1.54, 1.807) is 13.2 Å². The second-order valence-electron chi connectivity index (χ2n) is 4.16. The van der Waals surface area contributed by atoms with Crippen LogP contribution in [-0.2, 0) is 13.1 Å². The Bertz CT molecular complexity index is 540. The first-order valence-corrected chi connectivity index (χ1v) is 5.97. The topological polar surface area (TPSA) is 21.3 Å². The molecule has 2 nitrogen and oxygen atoms in total. The zero-order chi connectivity index (χ0) is 13.7. The first-order valence-electron chi connectivity index (χ1n) is 5.97. The molecule has 2 aromatic carbocycles. The molecule has 0 saturated carbocycles. The molecule has 100 valence electrons. The van der Waals surface area contributed by atoms with Crippen LogP contribution in [0.15, 0.2) is 42.5 Å². The summed E-state index contributed by atoms with van der Waals surface area (Å²) in [6.45, 7) is 0.871. The highest BCUT2D eigenvalue weighted by Gasteiger charge is 2.06. The summed E-state index contributed by atoms with van der Waals surface area (Å²) < 4.78 is 31.5. The van der Waals surface area contributed by atoms with Crippen molar-refractivity contribution in [3.63, 3.8) is 0 Å². The van der Waals surface area contributed by atoms with Crippen LogP contribution in [0.3, 0.4) is 0 Å². The summed E-state index contributed by atoms with van der Waals surface area (Å²) >= 11 is 0. The van der Waals surface area contributed by atoms with E-state index in [9.17, 15) is 8.78 Å². The van der Waals surface area contributed by atoms with Crippen LogP contribution in [0.25, 0.3) is 0 Å². The molecule has 1 N–H and O–H groups in total. The Labute approximate surface area is 111 Å². The predicted octanol–water partition coefficient (Wildman–Crippen LogP) is 3.26. The number of ether oxygens (including phenoxy) is 1. The van der Waals surface area contributed by atoms with Gasteiger partial charge in [-0.05, 0) is 23.8 Å². The van der Waals surface area contributed by atoms with E-state index < -0.39 is 11.6 Å². The molecule has 0 bridgehead atoms. The lowest BCUT2D eigenvalue weighted by Gasteiger charge is -2.07. The van der Waals surface area contributed by atoms with Gasteiger partial charge in [0.1, 0.15) is 5.75 Å². The Morgan fingerprint density at radius 2 is 1.74 bits per heavy atom. The fraction of sp³-hybridized carbons (Fsp3) is 0.200. The van der Waals surface area contributed by atoms with E-state index >= 15 is 0 Å². The second-order valence-corrected chi connectivity index (χ2v) is 4.16. The van der Waals surface area contributed by atoms with Gasteiger partial charge in [0.05, 0.1) is 7.11 Å². The normalized spacial score (nSPS) is 10.5. The van der Waals surface area contributed by atoms with Gasteiger partial charge in [-0.3, -0.25) is 0 Å². The highest BCUT2D eigenvalue weighted by molar-refractivity contribution is 5.27. The molecular weight excluding hydrogens is 248 g/mol. The van der Waals surface area contributed by atoms with Gasteiger partial charge in [0.15, 0.2) is 11.6 Å². The van der Waals surface area contributed by atoms with E-state index in [-0.39, 0.29) is 6.54 Å². The standard InChI is InChI=1S/C15H15F2NO/c1-19-13-7-5-11(6-8-13)9-18-10-12-3-2-4-14(16)15(12)17/h2-8,18H,9-10H2,1H3. The van der Waals surface area contributed by atoms with Gasteiger partial charge in [-0.2, -0.15) is 0 Å². The molecular formula is C15H15F2NO. The van der Waals surface area contributed by atoms with Crippen molar-refractivity contribution in [3.8, 4) is 5.75 Å². The quantitative estimate of drug-likeness (QED) is 0.894. The van der Waals surface area contributed by atoms with Crippen molar-refractivity contribution in [3.05, 3.63) is 65.2 Å². The lowest BCUT2D eigenvalue weighted by molar-refractivity contribution is 0.414. The maximum absolute atomic E-state index is 13.4. The van der Waals surface area contributed by atoms with Crippen LogP contribution >= 0.6 is 0 Å². The monoisotopic (exact) mass is 263 g/mol. The third kappa shape index (κ3) is 3.51. The van der Waals surface area contributed by atoms with E-state index in [2.05, 4.69) is 5.32 Å². The Morgan fingerprint density at radius 3 is 2.42 bits per heavy atom. The zero-order valence-electron chi connectivity index (χ0n) is 10.6. The molecule has 0 saturated heterocycles. The molecule has 0 radical (unpaired) electrons. The zero-order valence-corrected chi connectivity index (χ0v) is 10.6. The summed E-state index contributed by atoms with van der Waals surface area (Å²) in [4.78, 5) is 0. The first kappa shape index (κ1) is 13.5. The van der Waals surface area contributed by atoms with Gasteiger partial charge in [0, 0.05) is 18.7 Å². The Hall–Kier alpha value is -1.94. The minimum Gasteiger partial charge on any atom is -0.497 e. The van der Waals surface area contributed by atoms with E-state index in [1.165, 1.54) is 6.07 Å². The summed E-state index contributed by atoms with van der Waals surface area (Å²) in [5.74, 6) is -0.812. The summed E-state index contributed by atoms with van der Waals surface area (Å²) in [5.41, 5.74) is 1.38. The van der Waals surface area contributed by atoms with Crippen LogP contribution in [0.2, 0.25) is 0 Å². The summed E-state index contributed by atoms with van der Waals surface area (Å²) in [6.07, 6.45) is 0. The van der Waals surface area contributed by atoms with Crippen molar-refractivity contribution in [1.29, 1.82) is 0 Å².